The zero-order valence-corrected chi connectivity index (χ0v) is 12.0. The Balaban J connectivity index is 1.95. The summed E-state index contributed by atoms with van der Waals surface area (Å²) in [6.45, 7) is 1.86. The van der Waals surface area contributed by atoms with Crippen molar-refractivity contribution in [2.45, 2.75) is 6.92 Å². The maximum absolute atomic E-state index is 13.6. The van der Waals surface area contributed by atoms with Crippen LogP contribution in [0.1, 0.15) is 16.2 Å². The van der Waals surface area contributed by atoms with Gasteiger partial charge in [0.15, 0.2) is 0 Å². The molecule has 4 nitrogen and oxygen atoms in total. The molecule has 0 aliphatic carbocycles. The van der Waals surface area contributed by atoms with Gasteiger partial charge in [0, 0.05) is 12.6 Å². The summed E-state index contributed by atoms with van der Waals surface area (Å²) >= 11 is 0. The van der Waals surface area contributed by atoms with Crippen molar-refractivity contribution in [1.29, 1.82) is 0 Å². The molecule has 0 bridgehead atoms. The van der Waals surface area contributed by atoms with Crippen molar-refractivity contribution >= 4 is 22.6 Å². The number of para-hydroxylation sites is 1. The number of carbonyl (C=O) groups excluding carboxylic acids is 1. The minimum absolute atomic E-state index is 0.285. The summed E-state index contributed by atoms with van der Waals surface area (Å²) in [6, 6.07) is 8.35. The second-order valence-corrected chi connectivity index (χ2v) is 4.97. The molecule has 6 heteroatoms. The topological polar surface area (TPSA) is 46.9 Å². The molecule has 22 heavy (non-hydrogen) atoms. The highest BCUT2D eigenvalue weighted by Gasteiger charge is 2.14. The highest BCUT2D eigenvalue weighted by Crippen LogP contribution is 2.21. The van der Waals surface area contributed by atoms with E-state index in [1.165, 1.54) is 6.07 Å². The van der Waals surface area contributed by atoms with Gasteiger partial charge in [0.25, 0.3) is 5.91 Å². The van der Waals surface area contributed by atoms with E-state index in [1.807, 2.05) is 18.5 Å². The Morgan fingerprint density at radius 3 is 2.55 bits per heavy atom. The molecule has 2 aromatic carbocycles. The van der Waals surface area contributed by atoms with Gasteiger partial charge in [-0.15, -0.1) is 0 Å². The molecule has 112 valence electrons. The first kappa shape index (κ1) is 14.2. The fourth-order valence-corrected chi connectivity index (χ4v) is 2.26. The van der Waals surface area contributed by atoms with Gasteiger partial charge >= 0.3 is 0 Å². The highest BCUT2D eigenvalue weighted by atomic mass is 19.1. The fourth-order valence-electron chi connectivity index (χ4n) is 2.26. The number of imidazole rings is 1. The summed E-state index contributed by atoms with van der Waals surface area (Å²) in [5.74, 6) is -1.41. The summed E-state index contributed by atoms with van der Waals surface area (Å²) in [4.78, 5) is 16.5. The Morgan fingerprint density at radius 2 is 1.86 bits per heavy atom. The molecule has 1 N–H and O–H groups in total. The van der Waals surface area contributed by atoms with Crippen molar-refractivity contribution < 1.29 is 13.6 Å². The summed E-state index contributed by atoms with van der Waals surface area (Å²) in [5, 5.41) is 2.26. The Bertz CT molecular complexity index is 866. The van der Waals surface area contributed by atoms with Gasteiger partial charge in [-0.05, 0) is 37.3 Å². The number of benzene rings is 2. The van der Waals surface area contributed by atoms with E-state index in [2.05, 4.69) is 10.3 Å². The molecular formula is C16H13F2N3O. The van der Waals surface area contributed by atoms with E-state index in [0.717, 1.165) is 23.5 Å². The number of hydrogen-bond acceptors (Lipinski definition) is 2. The van der Waals surface area contributed by atoms with Gasteiger partial charge in [-0.1, -0.05) is 6.07 Å². The van der Waals surface area contributed by atoms with E-state index in [0.29, 0.717) is 5.52 Å². The van der Waals surface area contributed by atoms with E-state index >= 15 is 0 Å². The van der Waals surface area contributed by atoms with E-state index in [1.54, 1.807) is 18.2 Å². The molecule has 0 aliphatic rings. The van der Waals surface area contributed by atoms with Gasteiger partial charge in [0.2, 0.25) is 0 Å². The number of halogens is 2. The normalized spacial score (nSPS) is 10.9. The van der Waals surface area contributed by atoms with E-state index < -0.39 is 23.2 Å². The van der Waals surface area contributed by atoms with Crippen LogP contribution in [0, 0.1) is 18.6 Å². The third kappa shape index (κ3) is 2.32. The first-order valence-corrected chi connectivity index (χ1v) is 6.66. The van der Waals surface area contributed by atoms with E-state index in [9.17, 15) is 13.6 Å². The van der Waals surface area contributed by atoms with Crippen LogP contribution in [0.5, 0.6) is 0 Å². The maximum Gasteiger partial charge on any atom is 0.255 e. The Labute approximate surface area is 125 Å². The molecule has 0 saturated carbocycles. The Kier molecular flexibility index (Phi) is 3.36. The van der Waals surface area contributed by atoms with Crippen LogP contribution < -0.4 is 5.32 Å². The lowest BCUT2D eigenvalue weighted by Gasteiger charge is -2.07. The number of nitrogens with zero attached hydrogens (tertiary/aromatic N) is 2. The number of hydrogen-bond donors (Lipinski definition) is 1. The molecule has 1 amide bonds. The van der Waals surface area contributed by atoms with E-state index in [-0.39, 0.29) is 5.56 Å². The summed E-state index contributed by atoms with van der Waals surface area (Å²) in [7, 11) is 1.87. The highest BCUT2D eigenvalue weighted by molar-refractivity contribution is 6.06. The lowest BCUT2D eigenvalue weighted by molar-refractivity contribution is 0.102. The van der Waals surface area contributed by atoms with Crippen LogP contribution >= 0.6 is 0 Å². The van der Waals surface area contributed by atoms with Crippen LogP contribution in [0.2, 0.25) is 0 Å². The van der Waals surface area contributed by atoms with Crippen LogP contribution in [0.4, 0.5) is 14.5 Å². The van der Waals surface area contributed by atoms with E-state index in [4.69, 9.17) is 0 Å². The quantitative estimate of drug-likeness (QED) is 0.788. The van der Waals surface area contributed by atoms with Crippen molar-refractivity contribution in [3.8, 4) is 0 Å². The molecular weight excluding hydrogens is 288 g/mol. The summed E-state index contributed by atoms with van der Waals surface area (Å²) in [5.41, 5.74) is 1.37. The van der Waals surface area contributed by atoms with Crippen LogP contribution in [-0.2, 0) is 7.05 Å². The van der Waals surface area contributed by atoms with Gasteiger partial charge in [-0.3, -0.25) is 4.79 Å². The van der Waals surface area contributed by atoms with Crippen molar-refractivity contribution in [2.75, 3.05) is 5.32 Å². The number of aromatic nitrogens is 2. The van der Waals surface area contributed by atoms with Crippen LogP contribution in [0.3, 0.4) is 0 Å². The molecule has 0 fully saturated rings. The molecule has 0 unspecified atom stereocenters. The third-order valence-corrected chi connectivity index (χ3v) is 3.57. The lowest BCUT2D eigenvalue weighted by atomic mass is 10.1. The van der Waals surface area contributed by atoms with Crippen molar-refractivity contribution in [3.05, 3.63) is 59.4 Å². The predicted octanol–water partition coefficient (Wildman–Crippen LogP) is 3.41. The van der Waals surface area contributed by atoms with Crippen LogP contribution in [0.15, 0.2) is 36.4 Å². The van der Waals surface area contributed by atoms with Crippen molar-refractivity contribution in [3.63, 3.8) is 0 Å². The third-order valence-electron chi connectivity index (χ3n) is 3.57. The summed E-state index contributed by atoms with van der Waals surface area (Å²) in [6.07, 6.45) is 0. The number of nitrogens with one attached hydrogen (secondary N) is 1. The minimum atomic E-state index is -0.817. The largest absolute Gasteiger partial charge is 0.331 e. The molecule has 3 rings (SSSR count). The number of rotatable bonds is 2. The zero-order chi connectivity index (χ0) is 15.9. The number of amides is 1. The maximum atomic E-state index is 13.6. The van der Waals surface area contributed by atoms with Crippen LogP contribution in [0.25, 0.3) is 11.0 Å². The number of anilines is 1. The monoisotopic (exact) mass is 301 g/mol. The van der Waals surface area contributed by atoms with Crippen molar-refractivity contribution in [2.24, 2.45) is 7.05 Å². The lowest BCUT2D eigenvalue weighted by Crippen LogP contribution is -2.14. The number of carbonyl (C=O) groups is 1. The van der Waals surface area contributed by atoms with Crippen molar-refractivity contribution in [1.82, 2.24) is 9.55 Å². The smallest absolute Gasteiger partial charge is 0.255 e. The van der Waals surface area contributed by atoms with Gasteiger partial charge in [0.05, 0.1) is 11.0 Å². The molecule has 1 heterocycles. The first-order chi connectivity index (χ1) is 10.5. The molecule has 0 saturated heterocycles. The number of fused-ring (bicyclic) bond motifs is 1. The SMILES string of the molecule is Cc1nc2cc(C(=O)Nc3c(F)cccc3F)ccc2n1C. The fraction of sp³-hybridized carbons (Fsp3) is 0.125. The van der Waals surface area contributed by atoms with Gasteiger partial charge in [-0.25, -0.2) is 13.8 Å². The second-order valence-electron chi connectivity index (χ2n) is 4.97. The number of aryl methyl sites for hydroxylation is 2. The first-order valence-electron chi connectivity index (χ1n) is 6.66. The Hall–Kier alpha value is -2.76. The summed E-state index contributed by atoms with van der Waals surface area (Å²) < 4.78 is 29.0. The molecule has 0 aliphatic heterocycles. The standard InChI is InChI=1S/C16H13F2N3O/c1-9-19-13-8-10(6-7-14(13)21(9)2)16(22)20-15-11(17)4-3-5-12(15)18/h3-8H,1-2H3,(H,20,22). The molecule has 0 radical (unpaired) electrons. The Morgan fingerprint density at radius 1 is 1.18 bits per heavy atom. The average Bonchev–Trinajstić information content (AvgIpc) is 2.77. The molecule has 0 atom stereocenters. The zero-order valence-electron chi connectivity index (χ0n) is 12.0. The molecule has 0 spiro atoms. The minimum Gasteiger partial charge on any atom is -0.331 e. The molecule has 3 aromatic rings. The molecule has 1 aromatic heterocycles. The van der Waals surface area contributed by atoms with Gasteiger partial charge in [0.1, 0.15) is 23.1 Å². The van der Waals surface area contributed by atoms with Gasteiger partial charge < -0.3 is 9.88 Å². The van der Waals surface area contributed by atoms with Gasteiger partial charge in [-0.2, -0.15) is 0 Å². The second kappa shape index (κ2) is 5.22. The average molecular weight is 301 g/mol. The predicted molar refractivity (Wildman–Crippen MR) is 79.8 cm³/mol. The van der Waals surface area contributed by atoms with Crippen LogP contribution in [-0.4, -0.2) is 15.5 Å².